The van der Waals surface area contributed by atoms with Crippen molar-refractivity contribution in [2.45, 2.75) is 11.4 Å². The van der Waals surface area contributed by atoms with Crippen LogP contribution in [0.25, 0.3) is 10.8 Å². The lowest BCUT2D eigenvalue weighted by Gasteiger charge is -2.33. The molecule has 0 aliphatic carbocycles. The molecule has 0 atom stereocenters. The molecule has 12 heteroatoms. The number of sulfonamides is 1. The summed E-state index contributed by atoms with van der Waals surface area (Å²) in [5.41, 5.74) is 5.00. The number of amides is 2. The number of aromatic nitrogens is 3. The molecule has 0 bridgehead atoms. The Bertz CT molecular complexity index is 1370. The molecule has 0 unspecified atom stereocenters. The van der Waals surface area contributed by atoms with Crippen LogP contribution in [0, 0.1) is 0 Å². The van der Waals surface area contributed by atoms with Crippen molar-refractivity contribution < 1.29 is 18.0 Å². The highest BCUT2D eigenvalue weighted by Gasteiger charge is 2.31. The second kappa shape index (κ2) is 8.20. The Labute approximate surface area is 183 Å². The van der Waals surface area contributed by atoms with Gasteiger partial charge in [-0.15, -0.1) is 0 Å². The van der Waals surface area contributed by atoms with E-state index >= 15 is 0 Å². The Morgan fingerprint density at radius 1 is 1.12 bits per heavy atom. The number of aryl methyl sites for hydroxylation is 1. The molecule has 0 saturated carbocycles. The van der Waals surface area contributed by atoms with Crippen molar-refractivity contribution in [2.75, 3.05) is 26.2 Å². The molecule has 0 spiro atoms. The van der Waals surface area contributed by atoms with Crippen molar-refractivity contribution in [1.29, 1.82) is 0 Å². The lowest BCUT2D eigenvalue weighted by molar-refractivity contribution is -0.133. The number of fused-ring (bicyclic) bond motifs is 1. The van der Waals surface area contributed by atoms with Crippen molar-refractivity contribution in [3.05, 3.63) is 58.8 Å². The largest absolute Gasteiger partial charge is 0.364 e. The second-order valence-electron chi connectivity index (χ2n) is 7.52. The highest BCUT2D eigenvalue weighted by atomic mass is 32.2. The lowest BCUT2D eigenvalue weighted by Crippen LogP contribution is -2.51. The van der Waals surface area contributed by atoms with E-state index in [1.165, 1.54) is 32.2 Å². The van der Waals surface area contributed by atoms with E-state index in [-0.39, 0.29) is 54.8 Å². The number of nitrogens with zero attached hydrogens (tertiary/aromatic N) is 5. The summed E-state index contributed by atoms with van der Waals surface area (Å²) in [6.45, 7) is 0.312. The van der Waals surface area contributed by atoms with Crippen LogP contribution in [0.1, 0.15) is 10.5 Å². The van der Waals surface area contributed by atoms with Gasteiger partial charge in [0.05, 0.1) is 11.6 Å². The molecule has 2 amide bonds. The van der Waals surface area contributed by atoms with Gasteiger partial charge in [0.25, 0.3) is 11.5 Å². The molecule has 11 nitrogen and oxygen atoms in total. The van der Waals surface area contributed by atoms with Gasteiger partial charge < -0.3 is 15.2 Å². The molecule has 1 aliphatic heterocycles. The van der Waals surface area contributed by atoms with Crippen molar-refractivity contribution in [3.63, 3.8) is 0 Å². The van der Waals surface area contributed by atoms with Gasteiger partial charge in [-0.05, 0) is 12.1 Å². The fourth-order valence-corrected chi connectivity index (χ4v) is 5.21. The van der Waals surface area contributed by atoms with E-state index in [4.69, 9.17) is 5.73 Å². The number of primary amides is 1. The highest BCUT2D eigenvalue weighted by molar-refractivity contribution is 7.89. The van der Waals surface area contributed by atoms with E-state index in [9.17, 15) is 22.8 Å². The van der Waals surface area contributed by atoms with E-state index < -0.39 is 15.9 Å². The van der Waals surface area contributed by atoms with Gasteiger partial charge in [0.15, 0.2) is 0 Å². The number of carbonyl (C=O) groups is 2. The zero-order chi connectivity index (χ0) is 23.0. The summed E-state index contributed by atoms with van der Waals surface area (Å²) >= 11 is 0. The average molecular weight is 459 g/mol. The van der Waals surface area contributed by atoms with E-state index in [0.717, 1.165) is 4.68 Å². The normalized spacial score (nSPS) is 15.2. The van der Waals surface area contributed by atoms with Crippen LogP contribution in [0.15, 0.2) is 52.4 Å². The third kappa shape index (κ3) is 3.89. The number of benzene rings is 1. The van der Waals surface area contributed by atoms with Crippen molar-refractivity contribution in [2.24, 2.45) is 12.8 Å². The maximum absolute atomic E-state index is 12.9. The van der Waals surface area contributed by atoms with E-state index in [1.807, 2.05) is 0 Å². The van der Waals surface area contributed by atoms with Crippen LogP contribution in [-0.4, -0.2) is 70.0 Å². The Kier molecular flexibility index (Phi) is 5.57. The molecular weight excluding hydrogens is 436 g/mol. The van der Waals surface area contributed by atoms with Gasteiger partial charge in [-0.3, -0.25) is 14.4 Å². The van der Waals surface area contributed by atoms with Crippen molar-refractivity contribution >= 4 is 32.6 Å². The highest BCUT2D eigenvalue weighted by Crippen LogP contribution is 2.20. The summed E-state index contributed by atoms with van der Waals surface area (Å²) in [6.07, 6.45) is 2.87. The molecule has 1 aliphatic rings. The SMILES string of the molecule is Cn1cc(S(=O)(=O)N2CCN(C(=O)Cn3ncc4ccccc4c3=O)CC2)cc1C(N)=O. The van der Waals surface area contributed by atoms with Gasteiger partial charge in [-0.2, -0.15) is 9.40 Å². The molecule has 1 aromatic carbocycles. The minimum absolute atomic E-state index is 0.0273. The monoisotopic (exact) mass is 458 g/mol. The van der Waals surface area contributed by atoms with Crippen LogP contribution in [0.4, 0.5) is 0 Å². The molecule has 1 fully saturated rings. The molecular formula is C20H22N6O5S. The first kappa shape index (κ1) is 21.7. The summed E-state index contributed by atoms with van der Waals surface area (Å²) in [5.74, 6) is -1.04. The maximum Gasteiger partial charge on any atom is 0.275 e. The van der Waals surface area contributed by atoms with Crippen molar-refractivity contribution in [3.8, 4) is 0 Å². The van der Waals surface area contributed by atoms with Crippen LogP contribution in [0.3, 0.4) is 0 Å². The zero-order valence-electron chi connectivity index (χ0n) is 17.3. The molecule has 0 radical (unpaired) electrons. The predicted octanol–water partition coefficient (Wildman–Crippen LogP) is -0.633. The molecule has 4 rings (SSSR count). The number of hydrogen-bond acceptors (Lipinski definition) is 6. The number of piperazine rings is 1. The Morgan fingerprint density at radius 3 is 2.47 bits per heavy atom. The quantitative estimate of drug-likeness (QED) is 0.540. The zero-order valence-corrected chi connectivity index (χ0v) is 18.2. The van der Waals surface area contributed by atoms with Crippen LogP contribution >= 0.6 is 0 Å². The lowest BCUT2D eigenvalue weighted by atomic mass is 10.2. The number of nitrogens with two attached hydrogens (primary N) is 1. The van der Waals surface area contributed by atoms with Crippen molar-refractivity contribution in [1.82, 2.24) is 23.6 Å². The van der Waals surface area contributed by atoms with Crippen LogP contribution in [0.5, 0.6) is 0 Å². The second-order valence-corrected chi connectivity index (χ2v) is 9.45. The number of rotatable bonds is 5. The summed E-state index contributed by atoms with van der Waals surface area (Å²) in [7, 11) is -2.30. The molecule has 3 aromatic rings. The van der Waals surface area contributed by atoms with Gasteiger partial charge in [0, 0.05) is 44.8 Å². The molecule has 32 heavy (non-hydrogen) atoms. The topological polar surface area (TPSA) is 141 Å². The molecule has 3 heterocycles. The third-order valence-corrected chi connectivity index (χ3v) is 7.37. The summed E-state index contributed by atoms with van der Waals surface area (Å²) in [5, 5.41) is 5.24. The fourth-order valence-electron chi connectivity index (χ4n) is 3.72. The van der Waals surface area contributed by atoms with Crippen LogP contribution in [-0.2, 0) is 28.4 Å². The fraction of sp³-hybridized carbons (Fsp3) is 0.300. The first-order valence-corrected chi connectivity index (χ1v) is 11.3. The molecule has 1 saturated heterocycles. The third-order valence-electron chi connectivity index (χ3n) is 5.51. The Hall–Kier alpha value is -3.51. The van der Waals surface area contributed by atoms with Gasteiger partial charge in [-0.1, -0.05) is 18.2 Å². The van der Waals surface area contributed by atoms with E-state index in [2.05, 4.69) is 5.10 Å². The van der Waals surface area contributed by atoms with Gasteiger partial charge in [0.1, 0.15) is 17.1 Å². The minimum atomic E-state index is -3.84. The van der Waals surface area contributed by atoms with Gasteiger partial charge in [0.2, 0.25) is 15.9 Å². The van der Waals surface area contributed by atoms with E-state index in [1.54, 1.807) is 31.3 Å². The first-order chi connectivity index (χ1) is 15.2. The molecule has 2 aromatic heterocycles. The first-order valence-electron chi connectivity index (χ1n) is 9.87. The number of carbonyl (C=O) groups excluding carboxylic acids is 2. The van der Waals surface area contributed by atoms with Crippen LogP contribution < -0.4 is 11.3 Å². The predicted molar refractivity (Wildman–Crippen MR) is 115 cm³/mol. The Morgan fingerprint density at radius 2 is 1.81 bits per heavy atom. The number of hydrogen-bond donors (Lipinski definition) is 1. The average Bonchev–Trinajstić information content (AvgIpc) is 3.19. The van der Waals surface area contributed by atoms with E-state index in [0.29, 0.717) is 10.8 Å². The molecule has 2 N–H and O–H groups in total. The minimum Gasteiger partial charge on any atom is -0.364 e. The maximum atomic E-state index is 12.9. The molecule has 168 valence electrons. The summed E-state index contributed by atoms with van der Waals surface area (Å²) in [4.78, 5) is 38.2. The van der Waals surface area contributed by atoms with Gasteiger partial charge in [-0.25, -0.2) is 13.1 Å². The summed E-state index contributed by atoms with van der Waals surface area (Å²) < 4.78 is 29.6. The summed E-state index contributed by atoms with van der Waals surface area (Å²) in [6, 6.07) is 8.24. The standard InChI is InChI=1S/C20H22N6O5S/c1-23-12-15(10-17(23)19(21)28)32(30,31)25-8-6-24(7-9-25)18(27)13-26-20(29)16-5-3-2-4-14(16)11-22-26/h2-5,10-12H,6-9,13H2,1H3,(H2,21,28). The van der Waals surface area contributed by atoms with Crippen LogP contribution in [0.2, 0.25) is 0 Å². The van der Waals surface area contributed by atoms with Gasteiger partial charge >= 0.3 is 0 Å². The smallest absolute Gasteiger partial charge is 0.275 e. The Balaban J connectivity index is 1.44.